The van der Waals surface area contributed by atoms with Gasteiger partial charge in [-0.05, 0) is 38.5 Å². The van der Waals surface area contributed by atoms with Crippen molar-refractivity contribution in [3.63, 3.8) is 0 Å². The van der Waals surface area contributed by atoms with Crippen LogP contribution < -0.4 is 10.6 Å². The molecule has 3 atom stereocenters. The van der Waals surface area contributed by atoms with Gasteiger partial charge in [0.25, 0.3) is 0 Å². The van der Waals surface area contributed by atoms with E-state index in [-0.39, 0.29) is 11.9 Å². The van der Waals surface area contributed by atoms with E-state index in [0.29, 0.717) is 24.4 Å². The second kappa shape index (κ2) is 5.52. The molecule has 0 aliphatic carbocycles. The molecule has 2 aliphatic rings. The number of carbonyl (C=O) groups is 1. The molecule has 0 saturated carbocycles. The molecule has 3 rings (SSSR count). The minimum absolute atomic E-state index is 0.0894. The number of hydrogen-bond donors (Lipinski definition) is 2. The number of carbonyl (C=O) groups excluding carboxylic acids is 1. The van der Waals surface area contributed by atoms with Gasteiger partial charge in [-0.3, -0.25) is 4.79 Å². The van der Waals surface area contributed by atoms with E-state index < -0.39 is 0 Å². The summed E-state index contributed by atoms with van der Waals surface area (Å²) in [5, 5.41) is 14.5. The molecular weight excluding hydrogens is 254 g/mol. The topological polar surface area (TPSA) is 71.8 Å². The second-order valence-corrected chi connectivity index (χ2v) is 6.27. The minimum atomic E-state index is -0.0894. The molecule has 6 heteroatoms. The Bertz CT molecular complexity index is 474. The van der Waals surface area contributed by atoms with Gasteiger partial charge in [-0.15, -0.1) is 10.2 Å². The lowest BCUT2D eigenvalue weighted by molar-refractivity contribution is -0.123. The molecular formula is C14H23N5O. The van der Waals surface area contributed by atoms with Crippen LogP contribution in [0.2, 0.25) is 0 Å². The Balaban J connectivity index is 1.51. The van der Waals surface area contributed by atoms with Gasteiger partial charge in [0, 0.05) is 25.6 Å². The Morgan fingerprint density at radius 3 is 2.80 bits per heavy atom. The fourth-order valence-corrected chi connectivity index (χ4v) is 3.65. The third kappa shape index (κ3) is 2.85. The van der Waals surface area contributed by atoms with Crippen molar-refractivity contribution < 1.29 is 4.79 Å². The van der Waals surface area contributed by atoms with Gasteiger partial charge in [-0.2, -0.15) is 0 Å². The van der Waals surface area contributed by atoms with Crippen molar-refractivity contribution in [1.29, 1.82) is 0 Å². The maximum atomic E-state index is 12.2. The van der Waals surface area contributed by atoms with E-state index in [1.54, 1.807) is 6.33 Å². The number of aromatic nitrogens is 3. The van der Waals surface area contributed by atoms with Crippen molar-refractivity contribution in [2.24, 2.45) is 13.0 Å². The molecule has 20 heavy (non-hydrogen) atoms. The Morgan fingerprint density at radius 2 is 2.20 bits per heavy atom. The molecule has 6 nitrogen and oxygen atoms in total. The summed E-state index contributed by atoms with van der Waals surface area (Å²) in [6, 6.07) is 1.19. The first-order valence-corrected chi connectivity index (χ1v) is 7.51. The molecule has 1 amide bonds. The monoisotopic (exact) mass is 277 g/mol. The lowest BCUT2D eigenvalue weighted by atomic mass is 9.89. The summed E-state index contributed by atoms with van der Waals surface area (Å²) in [6.45, 7) is 1.95. The third-order valence-electron chi connectivity index (χ3n) is 4.56. The molecule has 2 N–H and O–H groups in total. The van der Waals surface area contributed by atoms with Crippen LogP contribution in [0.1, 0.15) is 50.9 Å². The fourth-order valence-electron chi connectivity index (χ4n) is 3.65. The zero-order valence-corrected chi connectivity index (χ0v) is 12.2. The summed E-state index contributed by atoms with van der Waals surface area (Å²) < 4.78 is 1.84. The zero-order chi connectivity index (χ0) is 14.1. The van der Waals surface area contributed by atoms with Gasteiger partial charge in [0.1, 0.15) is 6.33 Å². The highest BCUT2D eigenvalue weighted by molar-refractivity contribution is 5.76. The van der Waals surface area contributed by atoms with Crippen molar-refractivity contribution in [3.8, 4) is 0 Å². The molecule has 2 bridgehead atoms. The van der Waals surface area contributed by atoms with Gasteiger partial charge in [-0.25, -0.2) is 0 Å². The van der Waals surface area contributed by atoms with Crippen molar-refractivity contribution in [2.45, 2.75) is 57.2 Å². The van der Waals surface area contributed by atoms with Crippen LogP contribution in [0.3, 0.4) is 0 Å². The number of fused-ring (bicyclic) bond motifs is 2. The predicted molar refractivity (Wildman–Crippen MR) is 74.8 cm³/mol. The maximum absolute atomic E-state index is 12.2. The Labute approximate surface area is 119 Å². The Morgan fingerprint density at radius 1 is 1.50 bits per heavy atom. The number of aryl methyl sites for hydroxylation is 1. The van der Waals surface area contributed by atoms with E-state index in [1.165, 1.54) is 12.8 Å². The average molecular weight is 277 g/mol. The van der Waals surface area contributed by atoms with Crippen LogP contribution in [-0.4, -0.2) is 32.8 Å². The molecule has 3 heterocycles. The standard InChI is InChI=1S/C14H23N5O/c1-9(14-18-15-8-19(14)2)16-13(20)7-10-5-11-3-4-12(6-10)17-11/h8-12,17H,3-7H2,1-2H3,(H,16,20). The summed E-state index contributed by atoms with van der Waals surface area (Å²) in [6.07, 6.45) is 7.13. The molecule has 1 aromatic rings. The molecule has 2 saturated heterocycles. The molecule has 3 unspecified atom stereocenters. The Hall–Kier alpha value is -1.43. The molecule has 0 spiro atoms. The number of amides is 1. The van der Waals surface area contributed by atoms with Gasteiger partial charge in [0.05, 0.1) is 6.04 Å². The molecule has 1 aromatic heterocycles. The van der Waals surface area contributed by atoms with E-state index in [0.717, 1.165) is 18.7 Å². The summed E-state index contributed by atoms with van der Waals surface area (Å²) in [4.78, 5) is 12.2. The number of piperidine rings is 1. The van der Waals surface area contributed by atoms with Crippen molar-refractivity contribution in [3.05, 3.63) is 12.2 Å². The van der Waals surface area contributed by atoms with Crippen LogP contribution in [0.5, 0.6) is 0 Å². The van der Waals surface area contributed by atoms with Crippen molar-refractivity contribution in [2.75, 3.05) is 0 Å². The van der Waals surface area contributed by atoms with Gasteiger partial charge in [0.2, 0.25) is 5.91 Å². The van der Waals surface area contributed by atoms with E-state index in [9.17, 15) is 4.79 Å². The van der Waals surface area contributed by atoms with Gasteiger partial charge < -0.3 is 15.2 Å². The first-order valence-electron chi connectivity index (χ1n) is 7.51. The van der Waals surface area contributed by atoms with Crippen LogP contribution >= 0.6 is 0 Å². The number of nitrogens with one attached hydrogen (secondary N) is 2. The second-order valence-electron chi connectivity index (χ2n) is 6.27. The smallest absolute Gasteiger partial charge is 0.220 e. The van der Waals surface area contributed by atoms with Gasteiger partial charge in [0.15, 0.2) is 5.82 Å². The van der Waals surface area contributed by atoms with E-state index in [2.05, 4.69) is 20.8 Å². The third-order valence-corrected chi connectivity index (χ3v) is 4.56. The lowest BCUT2D eigenvalue weighted by Crippen LogP contribution is -2.40. The van der Waals surface area contributed by atoms with E-state index in [1.807, 2.05) is 18.5 Å². The molecule has 2 aliphatic heterocycles. The van der Waals surface area contributed by atoms with Crippen molar-refractivity contribution in [1.82, 2.24) is 25.4 Å². The van der Waals surface area contributed by atoms with Crippen LogP contribution in [0.4, 0.5) is 0 Å². The first-order chi connectivity index (χ1) is 9.61. The van der Waals surface area contributed by atoms with Crippen molar-refractivity contribution >= 4 is 5.91 Å². The highest BCUT2D eigenvalue weighted by Gasteiger charge is 2.34. The van der Waals surface area contributed by atoms with Gasteiger partial charge in [-0.1, -0.05) is 0 Å². The van der Waals surface area contributed by atoms with E-state index in [4.69, 9.17) is 0 Å². The van der Waals surface area contributed by atoms with Gasteiger partial charge >= 0.3 is 0 Å². The summed E-state index contributed by atoms with van der Waals surface area (Å²) in [5.74, 6) is 1.45. The SMILES string of the molecule is CC(NC(=O)CC1CC2CCC(C1)N2)c1nncn1C. The zero-order valence-electron chi connectivity index (χ0n) is 12.2. The van der Waals surface area contributed by atoms with Crippen LogP contribution in [0.25, 0.3) is 0 Å². The molecule has 2 fully saturated rings. The summed E-state index contributed by atoms with van der Waals surface area (Å²) in [7, 11) is 1.89. The Kier molecular flexibility index (Phi) is 3.74. The number of nitrogens with zero attached hydrogens (tertiary/aromatic N) is 3. The summed E-state index contributed by atoms with van der Waals surface area (Å²) in [5.41, 5.74) is 0. The normalized spacial score (nSPS) is 30.2. The number of rotatable bonds is 4. The highest BCUT2D eigenvalue weighted by Crippen LogP contribution is 2.32. The number of hydrogen-bond acceptors (Lipinski definition) is 4. The molecule has 0 radical (unpaired) electrons. The lowest BCUT2D eigenvalue weighted by Gasteiger charge is -2.28. The highest BCUT2D eigenvalue weighted by atomic mass is 16.1. The minimum Gasteiger partial charge on any atom is -0.346 e. The van der Waals surface area contributed by atoms with Crippen LogP contribution in [0.15, 0.2) is 6.33 Å². The fraction of sp³-hybridized carbons (Fsp3) is 0.786. The summed E-state index contributed by atoms with van der Waals surface area (Å²) >= 11 is 0. The quantitative estimate of drug-likeness (QED) is 0.858. The molecule has 0 aromatic carbocycles. The predicted octanol–water partition coefficient (Wildman–Crippen LogP) is 0.913. The van der Waals surface area contributed by atoms with Crippen LogP contribution in [-0.2, 0) is 11.8 Å². The largest absolute Gasteiger partial charge is 0.346 e. The van der Waals surface area contributed by atoms with Crippen LogP contribution in [0, 0.1) is 5.92 Å². The maximum Gasteiger partial charge on any atom is 0.220 e. The first kappa shape index (κ1) is 13.5. The molecule has 110 valence electrons. The van der Waals surface area contributed by atoms with E-state index >= 15 is 0 Å². The average Bonchev–Trinajstić information content (AvgIpc) is 2.95.